The van der Waals surface area contributed by atoms with E-state index in [1.165, 1.54) is 13.2 Å². The summed E-state index contributed by atoms with van der Waals surface area (Å²) >= 11 is 10.1. The fraction of sp³-hybridized carbons (Fsp3) is 0.0714. The van der Waals surface area contributed by atoms with Gasteiger partial charge in [-0.1, -0.05) is 23.7 Å². The van der Waals surface area contributed by atoms with E-state index in [2.05, 4.69) is 22.7 Å². The summed E-state index contributed by atoms with van der Waals surface area (Å²) in [5, 5.41) is 3.15. The van der Waals surface area contributed by atoms with Gasteiger partial charge in [-0.25, -0.2) is 9.18 Å². The first-order valence-corrected chi connectivity index (χ1v) is 6.69. The van der Waals surface area contributed by atoms with Gasteiger partial charge in [0, 0.05) is 4.90 Å². The zero-order valence-electron chi connectivity index (χ0n) is 11.0. The lowest BCUT2D eigenvalue weighted by Gasteiger charge is -2.15. The van der Waals surface area contributed by atoms with E-state index in [1.807, 2.05) is 0 Å². The van der Waals surface area contributed by atoms with E-state index in [0.29, 0.717) is 10.7 Å². The number of para-hydroxylation sites is 1. The maximum atomic E-state index is 14.3. The van der Waals surface area contributed by atoms with Crippen LogP contribution < -0.4 is 11.1 Å². The van der Waals surface area contributed by atoms with E-state index >= 15 is 0 Å². The maximum Gasteiger partial charge on any atom is 0.340 e. The van der Waals surface area contributed by atoms with E-state index in [-0.39, 0.29) is 21.8 Å². The third-order valence-electron chi connectivity index (χ3n) is 2.82. The molecule has 110 valence electrons. The average Bonchev–Trinajstić information content (AvgIpc) is 2.48. The summed E-state index contributed by atoms with van der Waals surface area (Å²) < 4.78 is 19.0. The zero-order chi connectivity index (χ0) is 15.6. The van der Waals surface area contributed by atoms with Crippen molar-refractivity contribution in [2.45, 2.75) is 4.90 Å². The van der Waals surface area contributed by atoms with Crippen LogP contribution in [0.15, 0.2) is 35.2 Å². The van der Waals surface area contributed by atoms with Crippen molar-refractivity contribution in [3.05, 3.63) is 46.7 Å². The number of nitrogens with two attached hydrogens (primary N) is 1. The summed E-state index contributed by atoms with van der Waals surface area (Å²) in [5.41, 5.74) is 5.76. The fourth-order valence-electron chi connectivity index (χ4n) is 1.74. The molecule has 2 rings (SSSR count). The predicted molar refractivity (Wildman–Crippen MR) is 84.1 cm³/mol. The summed E-state index contributed by atoms with van der Waals surface area (Å²) in [6.07, 6.45) is 0. The molecule has 0 spiro atoms. The van der Waals surface area contributed by atoms with Gasteiger partial charge in [0.25, 0.3) is 0 Å². The number of ether oxygens (including phenoxy) is 1. The summed E-state index contributed by atoms with van der Waals surface area (Å²) in [5.74, 6) is -1.50. The number of carbonyl (C=O) groups excluding carboxylic acids is 1. The van der Waals surface area contributed by atoms with Crippen molar-refractivity contribution in [2.24, 2.45) is 0 Å². The molecule has 0 bridgehead atoms. The number of hydrogen-bond acceptors (Lipinski definition) is 5. The highest BCUT2D eigenvalue weighted by atomic mass is 35.5. The van der Waals surface area contributed by atoms with Gasteiger partial charge in [-0.05, 0) is 18.2 Å². The highest BCUT2D eigenvalue weighted by Crippen LogP contribution is 2.34. The number of halogens is 2. The zero-order valence-corrected chi connectivity index (χ0v) is 12.6. The van der Waals surface area contributed by atoms with Crippen molar-refractivity contribution in [3.8, 4) is 0 Å². The molecule has 0 amide bonds. The Kier molecular flexibility index (Phi) is 4.59. The molecule has 3 N–H and O–H groups in total. The van der Waals surface area contributed by atoms with Gasteiger partial charge in [-0.3, -0.25) is 0 Å². The Morgan fingerprint density at radius 3 is 2.71 bits per heavy atom. The number of rotatable bonds is 3. The molecule has 0 unspecified atom stereocenters. The Morgan fingerprint density at radius 2 is 2.10 bits per heavy atom. The number of thiol groups is 1. The minimum Gasteiger partial charge on any atom is -0.465 e. The Labute approximate surface area is 131 Å². The van der Waals surface area contributed by atoms with Gasteiger partial charge in [0.1, 0.15) is 0 Å². The molecule has 0 saturated carbocycles. The molecular weight excluding hydrogens is 315 g/mol. The minimum absolute atomic E-state index is 0.0193. The van der Waals surface area contributed by atoms with E-state index in [9.17, 15) is 9.18 Å². The van der Waals surface area contributed by atoms with Gasteiger partial charge in [0.2, 0.25) is 0 Å². The topological polar surface area (TPSA) is 64.3 Å². The second-order valence-corrected chi connectivity index (χ2v) is 5.03. The lowest BCUT2D eigenvalue weighted by atomic mass is 10.1. The highest BCUT2D eigenvalue weighted by molar-refractivity contribution is 7.80. The third kappa shape index (κ3) is 3.06. The van der Waals surface area contributed by atoms with E-state index in [0.717, 1.165) is 0 Å². The number of hydrogen-bond donors (Lipinski definition) is 3. The molecule has 0 aliphatic heterocycles. The van der Waals surface area contributed by atoms with Crippen LogP contribution in [0.4, 0.5) is 21.5 Å². The first-order chi connectivity index (χ1) is 9.95. The highest BCUT2D eigenvalue weighted by Gasteiger charge is 2.21. The van der Waals surface area contributed by atoms with E-state index in [1.54, 1.807) is 24.3 Å². The SMILES string of the molecule is COC(=O)c1cc(S)c(N)c(F)c1Nc1ccccc1Cl. The van der Waals surface area contributed by atoms with Gasteiger partial charge in [-0.15, -0.1) is 12.6 Å². The largest absolute Gasteiger partial charge is 0.465 e. The standard InChI is InChI=1S/C14H12ClFN2O2S/c1-20-14(19)7-6-10(21)12(17)11(16)13(7)18-9-5-3-2-4-8(9)15/h2-6,18,21H,17H2,1H3. The number of esters is 1. The maximum absolute atomic E-state index is 14.3. The van der Waals surface area contributed by atoms with Crippen LogP contribution in [0.1, 0.15) is 10.4 Å². The van der Waals surface area contributed by atoms with Crippen molar-refractivity contribution < 1.29 is 13.9 Å². The molecule has 21 heavy (non-hydrogen) atoms. The van der Waals surface area contributed by atoms with Crippen LogP contribution in [0.25, 0.3) is 0 Å². The number of nitrogens with one attached hydrogen (secondary N) is 1. The van der Waals surface area contributed by atoms with Crippen LogP contribution in [0.3, 0.4) is 0 Å². The molecular formula is C14H12ClFN2O2S. The van der Waals surface area contributed by atoms with Crippen molar-refractivity contribution >= 4 is 47.3 Å². The van der Waals surface area contributed by atoms with Gasteiger partial charge in [0.05, 0.1) is 34.8 Å². The molecule has 0 aliphatic carbocycles. The molecule has 2 aromatic rings. The van der Waals surface area contributed by atoms with Crippen LogP contribution in [0.2, 0.25) is 5.02 Å². The first-order valence-electron chi connectivity index (χ1n) is 5.86. The lowest BCUT2D eigenvalue weighted by Crippen LogP contribution is -2.10. The van der Waals surface area contributed by atoms with Crippen molar-refractivity contribution in [1.82, 2.24) is 0 Å². The monoisotopic (exact) mass is 326 g/mol. The summed E-state index contributed by atoms with van der Waals surface area (Å²) in [4.78, 5) is 11.9. The number of carbonyl (C=O) groups is 1. The van der Waals surface area contributed by atoms with Crippen LogP contribution in [0.5, 0.6) is 0 Å². The molecule has 7 heteroatoms. The Balaban J connectivity index is 2.59. The van der Waals surface area contributed by atoms with E-state index < -0.39 is 11.8 Å². The van der Waals surface area contributed by atoms with Crippen molar-refractivity contribution in [1.29, 1.82) is 0 Å². The minimum atomic E-state index is -0.789. The second kappa shape index (κ2) is 6.24. The number of methoxy groups -OCH3 is 1. The molecule has 0 atom stereocenters. The average molecular weight is 327 g/mol. The molecule has 2 aromatic carbocycles. The third-order valence-corrected chi connectivity index (χ3v) is 3.52. The van der Waals surface area contributed by atoms with Gasteiger partial charge in [-0.2, -0.15) is 0 Å². The molecule has 0 aromatic heterocycles. The predicted octanol–water partition coefficient (Wildman–Crippen LogP) is 3.88. The molecule has 0 aliphatic rings. The first kappa shape index (κ1) is 15.5. The second-order valence-electron chi connectivity index (χ2n) is 4.14. The van der Waals surface area contributed by atoms with Crippen LogP contribution in [-0.4, -0.2) is 13.1 Å². The van der Waals surface area contributed by atoms with Gasteiger partial charge in [0.15, 0.2) is 5.82 Å². The Bertz CT molecular complexity index is 710. The van der Waals surface area contributed by atoms with Crippen LogP contribution in [0, 0.1) is 5.82 Å². The van der Waals surface area contributed by atoms with Crippen molar-refractivity contribution in [3.63, 3.8) is 0 Å². The fourth-order valence-corrected chi connectivity index (χ4v) is 2.15. The number of nitrogen functional groups attached to an aromatic ring is 1. The number of anilines is 3. The summed E-state index contributed by atoms with van der Waals surface area (Å²) in [7, 11) is 1.20. The van der Waals surface area contributed by atoms with Crippen LogP contribution in [-0.2, 0) is 4.74 Å². The summed E-state index contributed by atoms with van der Waals surface area (Å²) in [6, 6.07) is 8.08. The Morgan fingerprint density at radius 1 is 1.43 bits per heavy atom. The smallest absolute Gasteiger partial charge is 0.340 e. The Hall–Kier alpha value is -1.92. The van der Waals surface area contributed by atoms with Crippen molar-refractivity contribution in [2.75, 3.05) is 18.2 Å². The summed E-state index contributed by atoms with van der Waals surface area (Å²) in [6.45, 7) is 0. The molecule has 0 fully saturated rings. The quantitative estimate of drug-likeness (QED) is 0.455. The van der Waals surface area contributed by atoms with Gasteiger partial charge < -0.3 is 15.8 Å². The number of benzene rings is 2. The molecule has 0 heterocycles. The van der Waals surface area contributed by atoms with Crippen LogP contribution >= 0.6 is 24.2 Å². The molecule has 0 saturated heterocycles. The van der Waals surface area contributed by atoms with Gasteiger partial charge >= 0.3 is 5.97 Å². The normalized spacial score (nSPS) is 10.3. The molecule has 4 nitrogen and oxygen atoms in total. The van der Waals surface area contributed by atoms with E-state index in [4.69, 9.17) is 17.3 Å². The lowest BCUT2D eigenvalue weighted by molar-refractivity contribution is 0.0601. The molecule has 0 radical (unpaired) electrons.